The van der Waals surface area contributed by atoms with Crippen LogP contribution < -0.4 is 10.1 Å². The molecule has 3 heteroatoms. The van der Waals surface area contributed by atoms with Crippen LogP contribution in [-0.2, 0) is 0 Å². The molecule has 1 unspecified atom stereocenters. The fourth-order valence-electron chi connectivity index (χ4n) is 2.60. The topological polar surface area (TPSA) is 21.3 Å². The summed E-state index contributed by atoms with van der Waals surface area (Å²) in [5, 5.41) is 4.30. The van der Waals surface area contributed by atoms with E-state index in [0.717, 1.165) is 29.8 Å². The quantitative estimate of drug-likeness (QED) is 0.893. The fraction of sp³-hybridized carbons (Fsp3) is 0.600. The summed E-state index contributed by atoms with van der Waals surface area (Å²) in [5.41, 5.74) is 2.46. The van der Waals surface area contributed by atoms with Crippen LogP contribution in [0, 0.1) is 12.8 Å². The second kappa shape index (κ2) is 5.10. The molecule has 0 bridgehead atoms. The second-order valence-corrected chi connectivity index (χ2v) is 5.98. The number of ether oxygens (including phenoxy) is 1. The minimum atomic E-state index is 0.414. The SMILES string of the molecule is Cc1cc(Cl)c(OCC2CC2)c(C2CCCN2)c1. The lowest BCUT2D eigenvalue weighted by atomic mass is 10.0. The molecule has 0 aromatic heterocycles. The summed E-state index contributed by atoms with van der Waals surface area (Å²) in [7, 11) is 0. The van der Waals surface area contributed by atoms with E-state index in [2.05, 4.69) is 18.3 Å². The van der Waals surface area contributed by atoms with Gasteiger partial charge in [-0.3, -0.25) is 0 Å². The average Bonchev–Trinajstić information content (AvgIpc) is 3.00. The first-order valence-electron chi connectivity index (χ1n) is 6.90. The van der Waals surface area contributed by atoms with E-state index in [1.165, 1.54) is 36.8 Å². The zero-order chi connectivity index (χ0) is 12.5. The molecule has 1 heterocycles. The summed E-state index contributed by atoms with van der Waals surface area (Å²) in [6, 6.07) is 4.64. The first kappa shape index (κ1) is 12.3. The largest absolute Gasteiger partial charge is 0.491 e. The van der Waals surface area contributed by atoms with Gasteiger partial charge in [-0.05, 0) is 56.7 Å². The van der Waals surface area contributed by atoms with Crippen molar-refractivity contribution in [1.82, 2.24) is 5.32 Å². The van der Waals surface area contributed by atoms with E-state index in [1.54, 1.807) is 0 Å². The Morgan fingerprint density at radius 3 is 2.83 bits per heavy atom. The highest BCUT2D eigenvalue weighted by Crippen LogP contribution is 2.39. The van der Waals surface area contributed by atoms with Gasteiger partial charge < -0.3 is 10.1 Å². The molecule has 1 aliphatic carbocycles. The highest BCUT2D eigenvalue weighted by atomic mass is 35.5. The lowest BCUT2D eigenvalue weighted by Crippen LogP contribution is -2.15. The highest BCUT2D eigenvalue weighted by Gasteiger charge is 2.25. The number of hydrogen-bond acceptors (Lipinski definition) is 2. The van der Waals surface area contributed by atoms with Gasteiger partial charge in [0.2, 0.25) is 0 Å². The maximum absolute atomic E-state index is 6.36. The molecule has 1 saturated carbocycles. The van der Waals surface area contributed by atoms with Gasteiger partial charge in [0.1, 0.15) is 5.75 Å². The molecule has 1 saturated heterocycles. The van der Waals surface area contributed by atoms with Crippen molar-refractivity contribution in [2.75, 3.05) is 13.2 Å². The maximum Gasteiger partial charge on any atom is 0.142 e. The van der Waals surface area contributed by atoms with Crippen LogP contribution in [0.2, 0.25) is 5.02 Å². The van der Waals surface area contributed by atoms with E-state index in [-0.39, 0.29) is 0 Å². The Morgan fingerprint density at radius 2 is 2.17 bits per heavy atom. The molecule has 1 N–H and O–H groups in total. The van der Waals surface area contributed by atoms with Crippen LogP contribution in [0.1, 0.15) is 42.9 Å². The van der Waals surface area contributed by atoms with Crippen LogP contribution >= 0.6 is 11.6 Å². The Bertz CT molecular complexity index is 436. The first-order valence-corrected chi connectivity index (χ1v) is 7.28. The van der Waals surface area contributed by atoms with E-state index in [4.69, 9.17) is 16.3 Å². The van der Waals surface area contributed by atoms with Crippen LogP contribution in [-0.4, -0.2) is 13.2 Å². The van der Waals surface area contributed by atoms with Crippen molar-refractivity contribution < 1.29 is 4.74 Å². The van der Waals surface area contributed by atoms with E-state index in [1.807, 2.05) is 6.07 Å². The Balaban J connectivity index is 1.86. The van der Waals surface area contributed by atoms with Gasteiger partial charge >= 0.3 is 0 Å². The standard InChI is InChI=1S/C15H20ClNO/c1-10-7-12(14-3-2-6-17-14)15(13(16)8-10)18-9-11-4-5-11/h7-8,11,14,17H,2-6,9H2,1H3. The van der Waals surface area contributed by atoms with E-state index < -0.39 is 0 Å². The molecule has 0 spiro atoms. The van der Waals surface area contributed by atoms with Crippen molar-refractivity contribution in [1.29, 1.82) is 0 Å². The summed E-state index contributed by atoms with van der Waals surface area (Å²) in [6.07, 6.45) is 5.03. The molecule has 2 aliphatic rings. The monoisotopic (exact) mass is 265 g/mol. The molecule has 3 rings (SSSR count). The third-order valence-corrected chi connectivity index (χ3v) is 4.09. The number of rotatable bonds is 4. The number of benzene rings is 1. The van der Waals surface area contributed by atoms with Crippen LogP contribution in [0.4, 0.5) is 0 Å². The van der Waals surface area contributed by atoms with Crippen LogP contribution in [0.25, 0.3) is 0 Å². The minimum Gasteiger partial charge on any atom is -0.491 e. The van der Waals surface area contributed by atoms with Crippen LogP contribution in [0.3, 0.4) is 0 Å². The number of halogens is 1. The van der Waals surface area contributed by atoms with Gasteiger partial charge in [0, 0.05) is 11.6 Å². The Labute approximate surface area is 114 Å². The molecule has 1 aromatic rings. The molecular formula is C15H20ClNO. The van der Waals surface area contributed by atoms with Crippen molar-refractivity contribution in [2.45, 2.75) is 38.6 Å². The molecule has 0 amide bonds. The molecule has 2 nitrogen and oxygen atoms in total. The fourth-order valence-corrected chi connectivity index (χ4v) is 2.94. The molecule has 98 valence electrons. The maximum atomic E-state index is 6.36. The summed E-state index contributed by atoms with van der Waals surface area (Å²) in [5.74, 6) is 1.67. The summed E-state index contributed by atoms with van der Waals surface area (Å²) < 4.78 is 5.99. The van der Waals surface area contributed by atoms with Gasteiger partial charge in [0.25, 0.3) is 0 Å². The van der Waals surface area contributed by atoms with Crippen LogP contribution in [0.15, 0.2) is 12.1 Å². The van der Waals surface area contributed by atoms with Crippen molar-refractivity contribution >= 4 is 11.6 Å². The zero-order valence-corrected chi connectivity index (χ0v) is 11.6. The molecular weight excluding hydrogens is 246 g/mol. The predicted octanol–water partition coefficient (Wildman–Crippen LogP) is 3.86. The van der Waals surface area contributed by atoms with Gasteiger partial charge in [-0.15, -0.1) is 0 Å². The Morgan fingerprint density at radius 1 is 1.33 bits per heavy atom. The zero-order valence-electron chi connectivity index (χ0n) is 10.8. The van der Waals surface area contributed by atoms with E-state index in [0.29, 0.717) is 6.04 Å². The lowest BCUT2D eigenvalue weighted by molar-refractivity contribution is 0.294. The van der Waals surface area contributed by atoms with Crippen LogP contribution in [0.5, 0.6) is 5.75 Å². The Hall–Kier alpha value is -0.730. The number of aryl methyl sites for hydroxylation is 1. The molecule has 1 aromatic carbocycles. The molecule has 1 aliphatic heterocycles. The highest BCUT2D eigenvalue weighted by molar-refractivity contribution is 6.32. The number of hydrogen-bond donors (Lipinski definition) is 1. The van der Waals surface area contributed by atoms with Crippen molar-refractivity contribution in [3.63, 3.8) is 0 Å². The summed E-state index contributed by atoms with van der Waals surface area (Å²) in [4.78, 5) is 0. The third-order valence-electron chi connectivity index (χ3n) is 3.81. The normalized spacial score (nSPS) is 23.3. The molecule has 18 heavy (non-hydrogen) atoms. The van der Waals surface area contributed by atoms with Crippen molar-refractivity contribution in [2.24, 2.45) is 5.92 Å². The minimum absolute atomic E-state index is 0.414. The smallest absolute Gasteiger partial charge is 0.142 e. The molecule has 2 fully saturated rings. The predicted molar refractivity (Wildman–Crippen MR) is 74.4 cm³/mol. The van der Waals surface area contributed by atoms with Gasteiger partial charge in [0.15, 0.2) is 0 Å². The van der Waals surface area contributed by atoms with Crippen molar-refractivity contribution in [3.8, 4) is 5.75 Å². The first-order chi connectivity index (χ1) is 8.74. The number of nitrogens with one attached hydrogen (secondary N) is 1. The Kier molecular flexibility index (Phi) is 3.49. The van der Waals surface area contributed by atoms with Gasteiger partial charge in [0.05, 0.1) is 11.6 Å². The molecule has 1 atom stereocenters. The summed E-state index contributed by atoms with van der Waals surface area (Å²) >= 11 is 6.36. The van der Waals surface area contributed by atoms with Gasteiger partial charge in [-0.1, -0.05) is 17.7 Å². The van der Waals surface area contributed by atoms with E-state index in [9.17, 15) is 0 Å². The molecule has 0 radical (unpaired) electrons. The van der Waals surface area contributed by atoms with E-state index >= 15 is 0 Å². The van der Waals surface area contributed by atoms with Crippen molar-refractivity contribution in [3.05, 3.63) is 28.3 Å². The second-order valence-electron chi connectivity index (χ2n) is 5.57. The summed E-state index contributed by atoms with van der Waals surface area (Å²) in [6.45, 7) is 4.01. The third kappa shape index (κ3) is 2.65. The average molecular weight is 266 g/mol. The lowest BCUT2D eigenvalue weighted by Gasteiger charge is -2.18. The van der Waals surface area contributed by atoms with Gasteiger partial charge in [-0.25, -0.2) is 0 Å². The van der Waals surface area contributed by atoms with Gasteiger partial charge in [-0.2, -0.15) is 0 Å².